The smallest absolute Gasteiger partial charge is 0.338 e. The van der Waals surface area contributed by atoms with E-state index in [1.54, 1.807) is 0 Å². The number of amides is 1. The Morgan fingerprint density at radius 2 is 2.00 bits per heavy atom. The predicted octanol–water partition coefficient (Wildman–Crippen LogP) is 1.23. The van der Waals surface area contributed by atoms with Crippen molar-refractivity contribution in [2.45, 2.75) is 13.0 Å². The zero-order valence-corrected chi connectivity index (χ0v) is 11.6. The molecule has 1 amide bonds. The first-order chi connectivity index (χ1) is 9.88. The van der Waals surface area contributed by atoms with E-state index in [2.05, 4.69) is 10.6 Å². The minimum Gasteiger partial charge on any atom is -0.478 e. The number of rotatable bonds is 7. The fourth-order valence-corrected chi connectivity index (χ4v) is 1.55. The van der Waals surface area contributed by atoms with Crippen LogP contribution >= 0.6 is 0 Å². The lowest BCUT2D eigenvalue weighted by molar-refractivity contribution is -0.121. The van der Waals surface area contributed by atoms with Gasteiger partial charge in [0.15, 0.2) is 11.6 Å². The standard InChI is InChI=1S/C13H16F2N2O4/c1-7(12(18)16-5-6-21-2)17-9-4-3-8(13(19)20)10(14)11(9)15/h3-4,7,17H,5-6H2,1-2H3,(H,16,18)(H,19,20). The molecule has 21 heavy (non-hydrogen) atoms. The molecule has 1 atom stereocenters. The molecule has 1 rings (SSSR count). The van der Waals surface area contributed by atoms with E-state index in [-0.39, 0.29) is 12.2 Å². The van der Waals surface area contributed by atoms with Crippen molar-refractivity contribution in [1.29, 1.82) is 0 Å². The summed E-state index contributed by atoms with van der Waals surface area (Å²) < 4.78 is 32.0. The largest absolute Gasteiger partial charge is 0.478 e. The zero-order chi connectivity index (χ0) is 16.0. The number of aromatic carboxylic acids is 1. The Hall–Kier alpha value is -2.22. The predicted molar refractivity (Wildman–Crippen MR) is 71.3 cm³/mol. The molecule has 0 aliphatic carbocycles. The van der Waals surface area contributed by atoms with Crippen molar-refractivity contribution in [2.75, 3.05) is 25.6 Å². The summed E-state index contributed by atoms with van der Waals surface area (Å²) >= 11 is 0. The summed E-state index contributed by atoms with van der Waals surface area (Å²) in [5.74, 6) is -4.80. The first-order valence-corrected chi connectivity index (χ1v) is 6.13. The van der Waals surface area contributed by atoms with Crippen molar-refractivity contribution in [3.8, 4) is 0 Å². The lowest BCUT2D eigenvalue weighted by Crippen LogP contribution is -2.39. The first kappa shape index (κ1) is 16.8. The summed E-state index contributed by atoms with van der Waals surface area (Å²) in [7, 11) is 1.48. The number of carboxylic acid groups (broad SMARTS) is 1. The summed E-state index contributed by atoms with van der Waals surface area (Å²) in [6.45, 7) is 2.08. The summed E-state index contributed by atoms with van der Waals surface area (Å²) in [4.78, 5) is 22.3. The summed E-state index contributed by atoms with van der Waals surface area (Å²) in [6.07, 6.45) is 0. The molecular formula is C13H16F2N2O4. The number of anilines is 1. The van der Waals surface area contributed by atoms with Crippen LogP contribution in [0.15, 0.2) is 12.1 Å². The van der Waals surface area contributed by atoms with Crippen LogP contribution in [0, 0.1) is 11.6 Å². The second kappa shape index (κ2) is 7.53. The van der Waals surface area contributed by atoms with E-state index in [0.717, 1.165) is 12.1 Å². The highest BCUT2D eigenvalue weighted by Crippen LogP contribution is 2.21. The van der Waals surface area contributed by atoms with Gasteiger partial charge in [-0.05, 0) is 19.1 Å². The van der Waals surface area contributed by atoms with Gasteiger partial charge in [-0.25, -0.2) is 13.6 Å². The number of ether oxygens (including phenoxy) is 1. The molecule has 0 aliphatic heterocycles. The average molecular weight is 302 g/mol. The Morgan fingerprint density at radius 1 is 1.33 bits per heavy atom. The maximum absolute atomic E-state index is 13.7. The molecule has 8 heteroatoms. The summed E-state index contributed by atoms with van der Waals surface area (Å²) in [5.41, 5.74) is -1.05. The number of hydrogen-bond donors (Lipinski definition) is 3. The van der Waals surface area contributed by atoms with Crippen LogP contribution in [0.2, 0.25) is 0 Å². The molecule has 3 N–H and O–H groups in total. The van der Waals surface area contributed by atoms with Gasteiger partial charge in [0.2, 0.25) is 5.91 Å². The fraction of sp³-hybridized carbons (Fsp3) is 0.385. The van der Waals surface area contributed by atoms with Crippen LogP contribution in [-0.2, 0) is 9.53 Å². The molecule has 6 nitrogen and oxygen atoms in total. The van der Waals surface area contributed by atoms with Crippen molar-refractivity contribution in [1.82, 2.24) is 5.32 Å². The van der Waals surface area contributed by atoms with Gasteiger partial charge in [-0.3, -0.25) is 4.79 Å². The maximum atomic E-state index is 13.7. The Balaban J connectivity index is 2.77. The minimum atomic E-state index is -1.57. The molecule has 0 radical (unpaired) electrons. The molecule has 0 spiro atoms. The molecule has 1 aromatic carbocycles. The second-order valence-corrected chi connectivity index (χ2v) is 4.24. The van der Waals surface area contributed by atoms with E-state index in [9.17, 15) is 18.4 Å². The molecule has 0 fully saturated rings. The van der Waals surface area contributed by atoms with Crippen LogP contribution in [0.5, 0.6) is 0 Å². The second-order valence-electron chi connectivity index (χ2n) is 4.24. The molecule has 0 aliphatic rings. The van der Waals surface area contributed by atoms with E-state index in [4.69, 9.17) is 9.84 Å². The van der Waals surface area contributed by atoms with E-state index >= 15 is 0 Å². The number of carbonyl (C=O) groups excluding carboxylic acids is 1. The van der Waals surface area contributed by atoms with Crippen LogP contribution in [0.1, 0.15) is 17.3 Å². The van der Waals surface area contributed by atoms with Gasteiger partial charge in [0.05, 0.1) is 17.9 Å². The van der Waals surface area contributed by atoms with Crippen LogP contribution in [-0.4, -0.2) is 43.3 Å². The quantitative estimate of drug-likeness (QED) is 0.659. The normalized spacial score (nSPS) is 11.8. The monoisotopic (exact) mass is 302 g/mol. The molecule has 1 aromatic rings. The average Bonchev–Trinajstić information content (AvgIpc) is 2.43. The molecule has 116 valence electrons. The molecule has 0 saturated carbocycles. The highest BCUT2D eigenvalue weighted by molar-refractivity contribution is 5.89. The van der Waals surface area contributed by atoms with Crippen molar-refractivity contribution in [3.05, 3.63) is 29.3 Å². The number of methoxy groups -OCH3 is 1. The highest BCUT2D eigenvalue weighted by Gasteiger charge is 2.20. The molecule has 1 unspecified atom stereocenters. The van der Waals surface area contributed by atoms with E-state index < -0.39 is 35.1 Å². The first-order valence-electron chi connectivity index (χ1n) is 6.13. The molecular weight excluding hydrogens is 286 g/mol. The van der Waals surface area contributed by atoms with Gasteiger partial charge in [0, 0.05) is 13.7 Å². The van der Waals surface area contributed by atoms with E-state index in [0.29, 0.717) is 6.61 Å². The molecule has 0 aromatic heterocycles. The van der Waals surface area contributed by atoms with Gasteiger partial charge < -0.3 is 20.5 Å². The lowest BCUT2D eigenvalue weighted by Gasteiger charge is -2.16. The lowest BCUT2D eigenvalue weighted by atomic mass is 10.1. The Labute approximate surface area is 120 Å². The number of carbonyl (C=O) groups is 2. The van der Waals surface area contributed by atoms with Crippen molar-refractivity contribution in [2.24, 2.45) is 0 Å². The highest BCUT2D eigenvalue weighted by atomic mass is 19.2. The summed E-state index contributed by atoms with van der Waals surface area (Å²) in [5, 5.41) is 13.7. The van der Waals surface area contributed by atoms with Crippen molar-refractivity contribution < 1.29 is 28.2 Å². The zero-order valence-electron chi connectivity index (χ0n) is 11.6. The Kier molecular flexibility index (Phi) is 6.04. The van der Waals surface area contributed by atoms with Gasteiger partial charge in [0.1, 0.15) is 6.04 Å². The van der Waals surface area contributed by atoms with Crippen molar-refractivity contribution in [3.63, 3.8) is 0 Å². The number of carboxylic acids is 1. The number of halogens is 2. The number of hydrogen-bond acceptors (Lipinski definition) is 4. The van der Waals surface area contributed by atoms with Gasteiger partial charge in [0.25, 0.3) is 0 Å². The fourth-order valence-electron chi connectivity index (χ4n) is 1.55. The minimum absolute atomic E-state index is 0.285. The van der Waals surface area contributed by atoms with Crippen molar-refractivity contribution >= 4 is 17.6 Å². The van der Waals surface area contributed by atoms with E-state index in [1.165, 1.54) is 14.0 Å². The molecule has 0 bridgehead atoms. The third-order valence-corrected chi connectivity index (χ3v) is 2.68. The topological polar surface area (TPSA) is 87.7 Å². The number of nitrogens with one attached hydrogen (secondary N) is 2. The molecule has 0 saturated heterocycles. The van der Waals surface area contributed by atoms with Crippen LogP contribution in [0.4, 0.5) is 14.5 Å². The third kappa shape index (κ3) is 4.38. The van der Waals surface area contributed by atoms with E-state index in [1.807, 2.05) is 0 Å². The molecule has 0 heterocycles. The summed E-state index contributed by atoms with van der Waals surface area (Å²) in [6, 6.07) is 1.17. The van der Waals surface area contributed by atoms with Crippen LogP contribution in [0.25, 0.3) is 0 Å². The number of benzene rings is 1. The SMILES string of the molecule is COCCNC(=O)C(C)Nc1ccc(C(=O)O)c(F)c1F. The third-order valence-electron chi connectivity index (χ3n) is 2.68. The Morgan fingerprint density at radius 3 is 2.57 bits per heavy atom. The van der Waals surface area contributed by atoms with Gasteiger partial charge in [-0.1, -0.05) is 0 Å². The van der Waals surface area contributed by atoms with Gasteiger partial charge >= 0.3 is 5.97 Å². The van der Waals surface area contributed by atoms with Crippen LogP contribution in [0.3, 0.4) is 0 Å². The Bertz CT molecular complexity index is 537. The van der Waals surface area contributed by atoms with Gasteiger partial charge in [-0.15, -0.1) is 0 Å². The maximum Gasteiger partial charge on any atom is 0.338 e. The van der Waals surface area contributed by atoms with Gasteiger partial charge in [-0.2, -0.15) is 0 Å². The van der Waals surface area contributed by atoms with Crippen LogP contribution < -0.4 is 10.6 Å².